The summed E-state index contributed by atoms with van der Waals surface area (Å²) >= 11 is 0. The van der Waals surface area contributed by atoms with Crippen molar-refractivity contribution < 1.29 is 24.6 Å². The Bertz CT molecular complexity index is 262. The van der Waals surface area contributed by atoms with Gasteiger partial charge in [0.2, 0.25) is 5.91 Å². The van der Waals surface area contributed by atoms with Gasteiger partial charge in [0.25, 0.3) is 0 Å². The van der Waals surface area contributed by atoms with Crippen LogP contribution in [-0.2, 0) is 9.59 Å². The Morgan fingerprint density at radius 3 is 2.38 bits per heavy atom. The van der Waals surface area contributed by atoms with Crippen molar-refractivity contribution in [1.29, 1.82) is 0 Å². The van der Waals surface area contributed by atoms with Crippen LogP contribution in [0.5, 0.6) is 0 Å². The molecule has 0 aromatic rings. The summed E-state index contributed by atoms with van der Waals surface area (Å²) in [4.78, 5) is 32.5. The molecule has 2 amide bonds. The molecule has 1 atom stereocenters. The molecule has 1 saturated heterocycles. The second kappa shape index (κ2) is 3.42. The van der Waals surface area contributed by atoms with Crippen molar-refractivity contribution in [2.45, 2.75) is 12.8 Å². The van der Waals surface area contributed by atoms with Gasteiger partial charge < -0.3 is 10.2 Å². The van der Waals surface area contributed by atoms with Gasteiger partial charge in [0.15, 0.2) is 0 Å². The number of likely N-dealkylation sites (tertiary alicyclic amines) is 1. The second-order valence-corrected chi connectivity index (χ2v) is 2.86. The maximum atomic E-state index is 11.0. The average Bonchev–Trinajstić information content (AvgIpc) is 2.03. The molecule has 6 heteroatoms. The number of carbonyl (C=O) groups is 3. The van der Waals surface area contributed by atoms with Gasteiger partial charge >= 0.3 is 12.1 Å². The molecule has 1 fully saturated rings. The first-order valence-corrected chi connectivity index (χ1v) is 3.78. The van der Waals surface area contributed by atoms with Crippen LogP contribution in [0.2, 0.25) is 0 Å². The molecule has 0 aromatic heterocycles. The van der Waals surface area contributed by atoms with Crippen LogP contribution >= 0.6 is 0 Å². The first-order chi connectivity index (χ1) is 6.02. The lowest BCUT2D eigenvalue weighted by Gasteiger charge is -2.25. The van der Waals surface area contributed by atoms with E-state index in [2.05, 4.69) is 0 Å². The molecule has 0 saturated carbocycles. The number of carboxylic acids is 1. The van der Waals surface area contributed by atoms with Crippen LogP contribution in [0.1, 0.15) is 12.8 Å². The molecular formula is C7H9NO5. The number of nitrogens with zero attached hydrogens (tertiary/aromatic N) is 1. The number of carbonyl (C=O) groups excluding carboxylic acids is 1. The molecule has 0 spiro atoms. The summed E-state index contributed by atoms with van der Waals surface area (Å²) in [6.07, 6.45) is -1.33. The molecule has 2 N–H and O–H groups in total. The molecule has 13 heavy (non-hydrogen) atoms. The zero-order valence-electron chi connectivity index (χ0n) is 6.77. The molecule has 6 nitrogen and oxygen atoms in total. The van der Waals surface area contributed by atoms with Crippen LogP contribution in [0, 0.1) is 5.92 Å². The summed E-state index contributed by atoms with van der Waals surface area (Å²) in [7, 11) is 0. The minimum absolute atomic E-state index is 0.0227. The van der Waals surface area contributed by atoms with E-state index >= 15 is 0 Å². The first kappa shape index (κ1) is 9.50. The molecule has 0 bridgehead atoms. The van der Waals surface area contributed by atoms with Crippen LogP contribution in [0.25, 0.3) is 0 Å². The zero-order valence-corrected chi connectivity index (χ0v) is 6.77. The lowest BCUT2D eigenvalue weighted by Crippen LogP contribution is -2.43. The summed E-state index contributed by atoms with van der Waals surface area (Å²) in [5.41, 5.74) is 0. The summed E-state index contributed by atoms with van der Waals surface area (Å²) < 4.78 is 0. The van der Waals surface area contributed by atoms with Gasteiger partial charge in [-0.05, 0) is 6.42 Å². The fraction of sp³-hybridized carbons (Fsp3) is 0.571. The zero-order chi connectivity index (χ0) is 10.0. The van der Waals surface area contributed by atoms with E-state index in [9.17, 15) is 14.4 Å². The Kier molecular flexibility index (Phi) is 2.50. The van der Waals surface area contributed by atoms with Crippen LogP contribution in [0.4, 0.5) is 4.79 Å². The highest BCUT2D eigenvalue weighted by Crippen LogP contribution is 2.18. The van der Waals surface area contributed by atoms with Gasteiger partial charge in [0, 0.05) is 13.0 Å². The summed E-state index contributed by atoms with van der Waals surface area (Å²) in [5.74, 6) is -2.41. The topological polar surface area (TPSA) is 94.9 Å². The number of hydrogen-bond acceptors (Lipinski definition) is 3. The third-order valence-corrected chi connectivity index (χ3v) is 2.00. The average molecular weight is 187 g/mol. The van der Waals surface area contributed by atoms with Gasteiger partial charge in [-0.2, -0.15) is 0 Å². The Hall–Kier alpha value is -1.59. The largest absolute Gasteiger partial charge is 0.481 e. The van der Waals surface area contributed by atoms with Crippen molar-refractivity contribution >= 4 is 18.0 Å². The second-order valence-electron chi connectivity index (χ2n) is 2.86. The van der Waals surface area contributed by atoms with Crippen molar-refractivity contribution in [1.82, 2.24) is 4.90 Å². The van der Waals surface area contributed by atoms with Gasteiger partial charge in [0.1, 0.15) is 0 Å². The number of piperidine rings is 1. The van der Waals surface area contributed by atoms with Gasteiger partial charge in [-0.15, -0.1) is 0 Å². The van der Waals surface area contributed by atoms with Crippen LogP contribution in [0.3, 0.4) is 0 Å². The van der Waals surface area contributed by atoms with E-state index in [1.807, 2.05) is 0 Å². The SMILES string of the molecule is O=C(O)C1CCN(C(=O)O)C(=O)C1. The Balaban J connectivity index is 2.62. The number of aliphatic carboxylic acids is 1. The Morgan fingerprint density at radius 2 is 2.00 bits per heavy atom. The van der Waals surface area contributed by atoms with E-state index in [4.69, 9.17) is 10.2 Å². The quantitative estimate of drug-likeness (QED) is 0.601. The molecule has 72 valence electrons. The fourth-order valence-corrected chi connectivity index (χ4v) is 1.25. The molecule has 1 rings (SSSR count). The van der Waals surface area contributed by atoms with Gasteiger partial charge in [-0.3, -0.25) is 9.59 Å². The van der Waals surface area contributed by atoms with E-state index < -0.39 is 23.9 Å². The monoisotopic (exact) mass is 187 g/mol. The predicted molar refractivity (Wildman–Crippen MR) is 40.1 cm³/mol. The number of hydrogen-bond donors (Lipinski definition) is 2. The Labute approximate surface area is 73.8 Å². The van der Waals surface area contributed by atoms with Gasteiger partial charge in [-0.25, -0.2) is 9.69 Å². The minimum atomic E-state index is -1.31. The first-order valence-electron chi connectivity index (χ1n) is 3.78. The smallest absolute Gasteiger partial charge is 0.414 e. The third-order valence-electron chi connectivity index (χ3n) is 2.00. The highest BCUT2D eigenvalue weighted by molar-refractivity contribution is 5.93. The number of imide groups is 1. The number of carboxylic acid groups (broad SMARTS) is 2. The molecule has 1 heterocycles. The summed E-state index contributed by atoms with van der Waals surface area (Å²) in [6, 6.07) is 0. The van der Waals surface area contributed by atoms with Crippen molar-refractivity contribution in [2.24, 2.45) is 5.92 Å². The number of amides is 2. The highest BCUT2D eigenvalue weighted by atomic mass is 16.4. The van der Waals surface area contributed by atoms with Crippen molar-refractivity contribution in [3.8, 4) is 0 Å². The third kappa shape index (κ3) is 1.95. The van der Waals surface area contributed by atoms with E-state index in [0.29, 0.717) is 4.90 Å². The van der Waals surface area contributed by atoms with Crippen molar-refractivity contribution in [3.63, 3.8) is 0 Å². The van der Waals surface area contributed by atoms with Crippen LogP contribution in [0.15, 0.2) is 0 Å². The van der Waals surface area contributed by atoms with Crippen LogP contribution in [-0.4, -0.2) is 39.6 Å². The minimum Gasteiger partial charge on any atom is -0.481 e. The van der Waals surface area contributed by atoms with Crippen molar-refractivity contribution in [2.75, 3.05) is 6.54 Å². The predicted octanol–water partition coefficient (Wildman–Crippen LogP) is -0.0124. The standard InChI is InChI=1S/C7H9NO5/c9-5-3-4(6(10)11)1-2-8(5)7(12)13/h4H,1-3H2,(H,10,11)(H,12,13). The maximum absolute atomic E-state index is 11.0. The van der Waals surface area contributed by atoms with Crippen LogP contribution < -0.4 is 0 Å². The normalized spacial score (nSPS) is 22.9. The van der Waals surface area contributed by atoms with E-state index in [0.717, 1.165) is 0 Å². The molecule has 0 radical (unpaired) electrons. The summed E-state index contributed by atoms with van der Waals surface area (Å²) in [6.45, 7) is -0.0227. The van der Waals surface area contributed by atoms with Gasteiger partial charge in [-0.1, -0.05) is 0 Å². The number of rotatable bonds is 1. The van der Waals surface area contributed by atoms with E-state index in [1.165, 1.54) is 0 Å². The molecule has 1 unspecified atom stereocenters. The fourth-order valence-electron chi connectivity index (χ4n) is 1.25. The van der Waals surface area contributed by atoms with E-state index in [-0.39, 0.29) is 19.4 Å². The highest BCUT2D eigenvalue weighted by Gasteiger charge is 2.33. The van der Waals surface area contributed by atoms with E-state index in [1.54, 1.807) is 0 Å². The molecule has 0 aliphatic carbocycles. The molecular weight excluding hydrogens is 178 g/mol. The Morgan fingerprint density at radius 1 is 1.38 bits per heavy atom. The molecule has 1 aliphatic rings. The molecule has 0 aromatic carbocycles. The lowest BCUT2D eigenvalue weighted by molar-refractivity contribution is -0.148. The summed E-state index contributed by atoms with van der Waals surface area (Å²) in [5, 5.41) is 17.1. The lowest BCUT2D eigenvalue weighted by atomic mass is 9.97. The van der Waals surface area contributed by atoms with Gasteiger partial charge in [0.05, 0.1) is 5.92 Å². The van der Waals surface area contributed by atoms with Crippen molar-refractivity contribution in [3.05, 3.63) is 0 Å². The maximum Gasteiger partial charge on any atom is 0.414 e. The molecule has 1 aliphatic heterocycles.